The van der Waals surface area contributed by atoms with Gasteiger partial charge in [-0.15, -0.1) is 5.10 Å². The van der Waals surface area contributed by atoms with Gasteiger partial charge in [-0.3, -0.25) is 0 Å². The number of hydrogen-bond acceptors (Lipinski definition) is 4. The van der Waals surface area contributed by atoms with Crippen LogP contribution in [-0.4, -0.2) is 32.7 Å². The van der Waals surface area contributed by atoms with Gasteiger partial charge in [0.25, 0.3) is 0 Å². The van der Waals surface area contributed by atoms with Crippen molar-refractivity contribution in [2.75, 3.05) is 6.61 Å². The number of nitrogens with zero attached hydrogens (tertiary/aromatic N) is 3. The molecule has 0 amide bonds. The second-order valence-electron chi connectivity index (χ2n) is 4.91. The molecule has 0 radical (unpaired) electrons. The maximum Gasteiger partial charge on any atom is 0.358 e. The van der Waals surface area contributed by atoms with Crippen LogP contribution in [0, 0.1) is 0 Å². The number of unbranched alkanes of at least 4 members (excludes halogenated alkanes) is 3. The van der Waals surface area contributed by atoms with Crippen LogP contribution in [0.4, 0.5) is 0 Å². The lowest BCUT2D eigenvalue weighted by atomic mass is 10.1. The summed E-state index contributed by atoms with van der Waals surface area (Å²) in [6.45, 7) is 3.57. The van der Waals surface area contributed by atoms with Gasteiger partial charge in [0.05, 0.1) is 0 Å². The number of rotatable bonds is 7. The highest BCUT2D eigenvalue weighted by atomic mass is 16.5. The summed E-state index contributed by atoms with van der Waals surface area (Å²) in [6, 6.07) is 0. The molecule has 1 aromatic rings. The van der Waals surface area contributed by atoms with E-state index in [1.54, 1.807) is 4.68 Å². The molecule has 1 fully saturated rings. The van der Waals surface area contributed by atoms with Gasteiger partial charge in [0.2, 0.25) is 0 Å². The van der Waals surface area contributed by atoms with E-state index in [-0.39, 0.29) is 11.8 Å². The van der Waals surface area contributed by atoms with E-state index in [1.807, 2.05) is 0 Å². The molecule has 19 heavy (non-hydrogen) atoms. The predicted molar refractivity (Wildman–Crippen MR) is 69.1 cm³/mol. The van der Waals surface area contributed by atoms with Crippen molar-refractivity contribution < 1.29 is 14.6 Å². The zero-order chi connectivity index (χ0) is 13.7. The number of aryl methyl sites for hydroxylation is 1. The Labute approximate surface area is 112 Å². The van der Waals surface area contributed by atoms with E-state index in [2.05, 4.69) is 17.2 Å². The average molecular weight is 267 g/mol. The summed E-state index contributed by atoms with van der Waals surface area (Å²) in [4.78, 5) is 11.2. The van der Waals surface area contributed by atoms with Gasteiger partial charge in [-0.25, -0.2) is 9.48 Å². The van der Waals surface area contributed by atoms with E-state index in [4.69, 9.17) is 4.74 Å². The van der Waals surface area contributed by atoms with Crippen LogP contribution in [-0.2, 0) is 11.3 Å². The minimum absolute atomic E-state index is 0.0439. The van der Waals surface area contributed by atoms with E-state index in [9.17, 15) is 9.90 Å². The van der Waals surface area contributed by atoms with Gasteiger partial charge in [-0.2, -0.15) is 0 Å². The van der Waals surface area contributed by atoms with Crippen molar-refractivity contribution in [3.8, 4) is 0 Å². The molecule has 0 spiro atoms. The molecule has 1 aromatic heterocycles. The number of aromatic nitrogens is 3. The van der Waals surface area contributed by atoms with Crippen LogP contribution >= 0.6 is 0 Å². The maximum atomic E-state index is 11.2. The average Bonchev–Trinajstić information content (AvgIpc) is 3.02. The van der Waals surface area contributed by atoms with Crippen LogP contribution < -0.4 is 0 Å². The Morgan fingerprint density at radius 3 is 2.95 bits per heavy atom. The van der Waals surface area contributed by atoms with Gasteiger partial charge in [-0.1, -0.05) is 31.4 Å². The predicted octanol–water partition coefficient (Wildman–Crippen LogP) is 2.41. The van der Waals surface area contributed by atoms with Crippen molar-refractivity contribution in [3.05, 3.63) is 11.4 Å². The monoisotopic (exact) mass is 267 g/mol. The van der Waals surface area contributed by atoms with Crippen LogP contribution in [0.2, 0.25) is 0 Å². The Balaban J connectivity index is 2.10. The Bertz CT molecular complexity index is 425. The summed E-state index contributed by atoms with van der Waals surface area (Å²) in [7, 11) is 0. The first-order valence-electron chi connectivity index (χ1n) is 7.02. The number of carbonyl (C=O) groups is 1. The summed E-state index contributed by atoms with van der Waals surface area (Å²) < 4.78 is 7.31. The third-order valence-electron chi connectivity index (χ3n) is 3.43. The van der Waals surface area contributed by atoms with E-state index in [0.29, 0.717) is 12.3 Å². The van der Waals surface area contributed by atoms with Crippen molar-refractivity contribution in [1.82, 2.24) is 15.0 Å². The minimum Gasteiger partial charge on any atom is -0.476 e. The molecule has 1 unspecified atom stereocenters. The minimum atomic E-state index is -1.02. The van der Waals surface area contributed by atoms with E-state index < -0.39 is 5.97 Å². The van der Waals surface area contributed by atoms with Crippen LogP contribution in [0.3, 0.4) is 0 Å². The molecule has 1 N–H and O–H groups in total. The lowest BCUT2D eigenvalue weighted by Gasteiger charge is -2.12. The standard InChI is InChI=1S/C13H21N3O3/c1-2-3-4-5-8-16-12(10-7-6-9-19-10)11(13(17)18)14-15-16/h10H,2-9H2,1H3,(H,17,18). The topological polar surface area (TPSA) is 77.2 Å². The molecule has 6 heteroatoms. The fourth-order valence-corrected chi connectivity index (χ4v) is 2.44. The second kappa shape index (κ2) is 6.65. The third-order valence-corrected chi connectivity index (χ3v) is 3.43. The van der Waals surface area contributed by atoms with Gasteiger partial charge in [0.1, 0.15) is 11.8 Å². The molecule has 0 aromatic carbocycles. The van der Waals surface area contributed by atoms with E-state index in [0.717, 1.165) is 32.2 Å². The molecule has 0 saturated carbocycles. The van der Waals surface area contributed by atoms with E-state index >= 15 is 0 Å². The number of hydrogen-bond donors (Lipinski definition) is 1. The summed E-state index contributed by atoms with van der Waals surface area (Å²) in [5, 5.41) is 17.0. The van der Waals surface area contributed by atoms with Crippen molar-refractivity contribution in [2.24, 2.45) is 0 Å². The molecule has 1 aliphatic rings. The van der Waals surface area contributed by atoms with Crippen LogP contribution in [0.15, 0.2) is 0 Å². The van der Waals surface area contributed by atoms with Gasteiger partial charge in [0.15, 0.2) is 5.69 Å². The Hall–Kier alpha value is -1.43. The first-order chi connectivity index (χ1) is 9.24. The Morgan fingerprint density at radius 1 is 1.47 bits per heavy atom. The van der Waals surface area contributed by atoms with E-state index in [1.165, 1.54) is 12.8 Å². The van der Waals surface area contributed by atoms with Crippen molar-refractivity contribution in [3.63, 3.8) is 0 Å². The quantitative estimate of drug-likeness (QED) is 0.768. The molecule has 1 aliphatic heterocycles. The number of aromatic carboxylic acids is 1. The zero-order valence-electron chi connectivity index (χ0n) is 11.3. The van der Waals surface area contributed by atoms with Crippen LogP contribution in [0.5, 0.6) is 0 Å². The van der Waals surface area contributed by atoms with Gasteiger partial charge in [-0.05, 0) is 19.3 Å². The summed E-state index contributed by atoms with van der Waals surface area (Å²) in [6.07, 6.45) is 6.14. The number of carboxylic acid groups (broad SMARTS) is 1. The summed E-state index contributed by atoms with van der Waals surface area (Å²) in [5.41, 5.74) is 0.684. The molecular weight excluding hydrogens is 246 g/mol. The second-order valence-corrected chi connectivity index (χ2v) is 4.91. The lowest BCUT2D eigenvalue weighted by Crippen LogP contribution is -2.13. The molecule has 1 saturated heterocycles. The largest absolute Gasteiger partial charge is 0.476 e. The fourth-order valence-electron chi connectivity index (χ4n) is 2.44. The van der Waals surface area contributed by atoms with Crippen molar-refractivity contribution in [2.45, 2.75) is 58.1 Å². The third kappa shape index (κ3) is 3.32. The molecular formula is C13H21N3O3. The molecule has 1 atom stereocenters. The highest BCUT2D eigenvalue weighted by Crippen LogP contribution is 2.30. The Morgan fingerprint density at radius 2 is 2.32 bits per heavy atom. The normalized spacial score (nSPS) is 18.9. The molecule has 6 nitrogen and oxygen atoms in total. The number of ether oxygens (including phenoxy) is 1. The molecule has 0 bridgehead atoms. The maximum absolute atomic E-state index is 11.2. The fraction of sp³-hybridized carbons (Fsp3) is 0.769. The van der Waals surface area contributed by atoms with Gasteiger partial charge in [0, 0.05) is 13.2 Å². The number of carboxylic acids is 1. The van der Waals surface area contributed by atoms with Gasteiger partial charge >= 0.3 is 5.97 Å². The zero-order valence-corrected chi connectivity index (χ0v) is 11.3. The Kier molecular flexibility index (Phi) is 4.90. The highest BCUT2D eigenvalue weighted by molar-refractivity contribution is 5.86. The summed E-state index contributed by atoms with van der Waals surface area (Å²) >= 11 is 0. The van der Waals surface area contributed by atoms with Crippen molar-refractivity contribution >= 4 is 5.97 Å². The highest BCUT2D eigenvalue weighted by Gasteiger charge is 2.29. The molecule has 106 valence electrons. The molecule has 2 rings (SSSR count). The van der Waals surface area contributed by atoms with Crippen molar-refractivity contribution in [1.29, 1.82) is 0 Å². The smallest absolute Gasteiger partial charge is 0.358 e. The summed E-state index contributed by atoms with van der Waals surface area (Å²) in [5.74, 6) is -1.02. The first-order valence-corrected chi connectivity index (χ1v) is 7.02. The molecule has 2 heterocycles. The van der Waals surface area contributed by atoms with Crippen LogP contribution in [0.1, 0.15) is 67.7 Å². The first kappa shape index (κ1) is 14.0. The SMILES string of the molecule is CCCCCCn1nnc(C(=O)O)c1C1CCCO1. The lowest BCUT2D eigenvalue weighted by molar-refractivity contribution is 0.0671. The van der Waals surface area contributed by atoms with Crippen LogP contribution in [0.25, 0.3) is 0 Å². The van der Waals surface area contributed by atoms with Gasteiger partial charge < -0.3 is 9.84 Å². The molecule has 0 aliphatic carbocycles.